The summed E-state index contributed by atoms with van der Waals surface area (Å²) in [4.78, 5) is 27.7. The normalized spacial score (nSPS) is 12.6. The molecule has 0 saturated heterocycles. The molecule has 0 saturated carbocycles. The van der Waals surface area contributed by atoms with Crippen LogP contribution in [0.25, 0.3) is 0 Å². The summed E-state index contributed by atoms with van der Waals surface area (Å²) in [6.45, 7) is 5.49. The number of thioether (sulfide) groups is 1. The van der Waals surface area contributed by atoms with Gasteiger partial charge in [0.1, 0.15) is 6.04 Å². The molecule has 3 N–H and O–H groups in total. The Bertz CT molecular complexity index is 1020. The molecule has 0 spiro atoms. The second kappa shape index (κ2) is 10.1. The number of amides is 1. The second-order valence-corrected chi connectivity index (χ2v) is 9.63. The lowest BCUT2D eigenvalue weighted by atomic mass is 10.1. The Morgan fingerprint density at radius 1 is 1.17 bits per heavy atom. The van der Waals surface area contributed by atoms with Crippen molar-refractivity contribution in [3.63, 3.8) is 0 Å². The number of carbonyl (C=O) groups is 1. The van der Waals surface area contributed by atoms with Gasteiger partial charge in [-0.1, -0.05) is 17.7 Å². The smallest absolute Gasteiger partial charge is 0.253 e. The van der Waals surface area contributed by atoms with Gasteiger partial charge in [-0.3, -0.25) is 9.59 Å². The lowest BCUT2D eigenvalue weighted by Crippen LogP contribution is -2.47. The first-order valence-electron chi connectivity index (χ1n) is 9.19. The Hall–Kier alpha value is -2.10. The zero-order valence-electron chi connectivity index (χ0n) is 17.0. The summed E-state index contributed by atoms with van der Waals surface area (Å²) in [6, 6.07) is 7.33. The Morgan fingerprint density at radius 2 is 1.83 bits per heavy atom. The highest BCUT2D eigenvalue weighted by molar-refractivity contribution is 7.98. The van der Waals surface area contributed by atoms with E-state index >= 15 is 0 Å². The number of nitrogens with one attached hydrogen (secondary N) is 3. The van der Waals surface area contributed by atoms with E-state index < -0.39 is 22.0 Å². The average molecular weight is 438 g/mol. The van der Waals surface area contributed by atoms with E-state index in [9.17, 15) is 18.0 Å². The molecule has 1 atom stereocenters. The van der Waals surface area contributed by atoms with Gasteiger partial charge in [0.05, 0.1) is 4.90 Å². The van der Waals surface area contributed by atoms with E-state index in [1.165, 1.54) is 23.9 Å². The lowest BCUT2D eigenvalue weighted by molar-refractivity contribution is -0.122. The van der Waals surface area contributed by atoms with Crippen molar-refractivity contribution < 1.29 is 13.2 Å². The summed E-state index contributed by atoms with van der Waals surface area (Å²) in [5, 5.41) is 2.70. The monoisotopic (exact) mass is 437 g/mol. The number of H-pyrrole nitrogens is 1. The van der Waals surface area contributed by atoms with Crippen LogP contribution in [0.15, 0.2) is 40.0 Å². The van der Waals surface area contributed by atoms with Crippen molar-refractivity contribution in [2.24, 2.45) is 0 Å². The fourth-order valence-corrected chi connectivity index (χ4v) is 4.55. The third kappa shape index (κ3) is 6.45. The van der Waals surface area contributed by atoms with Crippen molar-refractivity contribution in [3.05, 3.63) is 63.1 Å². The molecule has 0 aliphatic carbocycles. The van der Waals surface area contributed by atoms with E-state index in [1.54, 1.807) is 26.0 Å². The highest BCUT2D eigenvalue weighted by atomic mass is 32.2. The third-order valence-electron chi connectivity index (χ3n) is 4.49. The molecule has 0 bridgehead atoms. The molecule has 1 aromatic heterocycles. The Balaban J connectivity index is 2.15. The molecule has 0 aliphatic heterocycles. The highest BCUT2D eigenvalue weighted by Gasteiger charge is 2.25. The van der Waals surface area contributed by atoms with Crippen LogP contribution in [0.5, 0.6) is 0 Å². The third-order valence-corrected chi connectivity index (χ3v) is 6.62. The standard InChI is InChI=1S/C20H27N3O4S2/c1-13-5-7-16(8-6-13)29(26,27)23-18(9-10-28-4)20(25)21-12-17-14(2)11-15(3)22-19(17)24/h5-8,11,18,23H,9-10,12H2,1-4H3,(H,21,25)(H,22,24)/t18-/m1/s1. The van der Waals surface area contributed by atoms with Gasteiger partial charge in [-0.25, -0.2) is 8.42 Å². The largest absolute Gasteiger partial charge is 0.350 e. The zero-order valence-corrected chi connectivity index (χ0v) is 18.7. The van der Waals surface area contributed by atoms with Crippen LogP contribution >= 0.6 is 11.8 Å². The molecule has 0 radical (unpaired) electrons. The van der Waals surface area contributed by atoms with E-state index in [4.69, 9.17) is 0 Å². The lowest BCUT2D eigenvalue weighted by Gasteiger charge is -2.18. The minimum Gasteiger partial charge on any atom is -0.350 e. The number of carbonyl (C=O) groups excluding carboxylic acids is 1. The summed E-state index contributed by atoms with van der Waals surface area (Å²) in [7, 11) is -3.84. The number of hydrogen-bond donors (Lipinski definition) is 3. The highest BCUT2D eigenvalue weighted by Crippen LogP contribution is 2.12. The van der Waals surface area contributed by atoms with Crippen LogP contribution in [0, 0.1) is 20.8 Å². The first-order chi connectivity index (χ1) is 13.6. The first-order valence-corrected chi connectivity index (χ1v) is 12.1. The molecule has 1 heterocycles. The summed E-state index contributed by atoms with van der Waals surface area (Å²) in [6.07, 6.45) is 2.22. The summed E-state index contributed by atoms with van der Waals surface area (Å²) in [5.41, 5.74) is 2.65. The van der Waals surface area contributed by atoms with E-state index in [0.717, 1.165) is 16.8 Å². The molecule has 0 fully saturated rings. The zero-order chi connectivity index (χ0) is 21.6. The van der Waals surface area contributed by atoms with Crippen molar-refractivity contribution in [1.82, 2.24) is 15.0 Å². The second-order valence-electron chi connectivity index (χ2n) is 6.93. The van der Waals surface area contributed by atoms with E-state index in [-0.39, 0.29) is 17.0 Å². The molecule has 9 heteroatoms. The van der Waals surface area contributed by atoms with Gasteiger partial charge in [-0.15, -0.1) is 0 Å². The topological polar surface area (TPSA) is 108 Å². The summed E-state index contributed by atoms with van der Waals surface area (Å²) < 4.78 is 27.9. The maximum absolute atomic E-state index is 12.7. The van der Waals surface area contributed by atoms with Gasteiger partial charge in [-0.05, 0) is 63.0 Å². The van der Waals surface area contributed by atoms with Crippen LogP contribution in [0.1, 0.15) is 28.8 Å². The SMILES string of the molecule is CSCC[C@@H](NS(=O)(=O)c1ccc(C)cc1)C(=O)NCc1c(C)cc(C)[nH]c1=O. The minimum absolute atomic E-state index is 0.0301. The number of hydrogen-bond acceptors (Lipinski definition) is 5. The number of aromatic amines is 1. The van der Waals surface area contributed by atoms with Gasteiger partial charge in [0.2, 0.25) is 15.9 Å². The molecule has 2 aromatic rings. The van der Waals surface area contributed by atoms with Crippen molar-refractivity contribution >= 4 is 27.7 Å². The van der Waals surface area contributed by atoms with Crippen LogP contribution in [0.3, 0.4) is 0 Å². The fraction of sp³-hybridized carbons (Fsp3) is 0.400. The fourth-order valence-electron chi connectivity index (χ4n) is 2.85. The van der Waals surface area contributed by atoms with E-state index in [2.05, 4.69) is 15.0 Å². The van der Waals surface area contributed by atoms with E-state index in [0.29, 0.717) is 17.7 Å². The molecular formula is C20H27N3O4S2. The maximum Gasteiger partial charge on any atom is 0.253 e. The Labute approximate surface area is 175 Å². The van der Waals surface area contributed by atoms with Crippen molar-refractivity contribution in [3.8, 4) is 0 Å². The van der Waals surface area contributed by atoms with Crippen molar-refractivity contribution in [2.75, 3.05) is 12.0 Å². The van der Waals surface area contributed by atoms with Crippen LogP contribution in [0.4, 0.5) is 0 Å². The predicted molar refractivity (Wildman–Crippen MR) is 117 cm³/mol. The van der Waals surface area contributed by atoms with Gasteiger partial charge < -0.3 is 10.3 Å². The van der Waals surface area contributed by atoms with Gasteiger partial charge in [0.15, 0.2) is 0 Å². The first kappa shape index (κ1) is 23.2. The van der Waals surface area contributed by atoms with Crippen LogP contribution in [-0.4, -0.2) is 37.4 Å². The molecule has 2 rings (SSSR count). The van der Waals surface area contributed by atoms with Crippen molar-refractivity contribution in [2.45, 2.75) is 44.7 Å². The quantitative estimate of drug-likeness (QED) is 0.556. The van der Waals surface area contributed by atoms with Crippen LogP contribution in [0.2, 0.25) is 0 Å². The number of benzene rings is 1. The van der Waals surface area contributed by atoms with Crippen LogP contribution in [-0.2, 0) is 21.4 Å². The predicted octanol–water partition coefficient (Wildman–Crippen LogP) is 2.02. The number of pyridine rings is 1. The molecule has 0 aliphatic rings. The van der Waals surface area contributed by atoms with Gasteiger partial charge >= 0.3 is 0 Å². The molecular weight excluding hydrogens is 410 g/mol. The van der Waals surface area contributed by atoms with Gasteiger partial charge in [0, 0.05) is 17.8 Å². The van der Waals surface area contributed by atoms with Gasteiger partial charge in [-0.2, -0.15) is 16.5 Å². The number of aryl methyl sites for hydroxylation is 3. The molecule has 0 unspecified atom stereocenters. The number of rotatable bonds is 9. The minimum atomic E-state index is -3.84. The summed E-state index contributed by atoms with van der Waals surface area (Å²) in [5.74, 6) is 0.146. The molecule has 1 aromatic carbocycles. The summed E-state index contributed by atoms with van der Waals surface area (Å²) >= 11 is 1.52. The Kier molecular flexibility index (Phi) is 8.06. The molecule has 29 heavy (non-hydrogen) atoms. The molecule has 158 valence electrons. The Morgan fingerprint density at radius 3 is 2.41 bits per heavy atom. The molecule has 1 amide bonds. The van der Waals surface area contributed by atoms with Crippen LogP contribution < -0.4 is 15.6 Å². The van der Waals surface area contributed by atoms with Gasteiger partial charge in [0.25, 0.3) is 5.56 Å². The van der Waals surface area contributed by atoms with E-state index in [1.807, 2.05) is 19.2 Å². The van der Waals surface area contributed by atoms with Crippen molar-refractivity contribution in [1.29, 1.82) is 0 Å². The number of sulfonamides is 1. The average Bonchev–Trinajstić information content (AvgIpc) is 2.64. The maximum atomic E-state index is 12.7. The number of aromatic nitrogens is 1. The molecule has 7 nitrogen and oxygen atoms in total.